The van der Waals surface area contributed by atoms with Crippen LogP contribution in [0.1, 0.15) is 16.8 Å². The molecule has 1 aromatic carbocycles. The van der Waals surface area contributed by atoms with Crippen LogP contribution < -0.4 is 10.6 Å². The zero-order chi connectivity index (χ0) is 14.5. The normalized spacial score (nSPS) is 17.8. The Kier molecular flexibility index (Phi) is 5.14. The summed E-state index contributed by atoms with van der Waals surface area (Å²) in [5.74, 6) is -0.306. The molecule has 1 aliphatic rings. The Labute approximate surface area is 126 Å². The summed E-state index contributed by atoms with van der Waals surface area (Å²) >= 11 is 3.32. The van der Waals surface area contributed by atoms with Gasteiger partial charge in [-0.1, -0.05) is 22.0 Å². The van der Waals surface area contributed by atoms with Crippen LogP contribution in [0, 0.1) is 0 Å². The minimum atomic E-state index is -0.238. The third-order valence-corrected chi connectivity index (χ3v) is 3.96. The topological polar surface area (TPSA) is 61.4 Å². The fourth-order valence-corrected chi connectivity index (χ4v) is 2.59. The monoisotopic (exact) mass is 339 g/mol. The van der Waals surface area contributed by atoms with Crippen LogP contribution in [0.2, 0.25) is 0 Å². The van der Waals surface area contributed by atoms with E-state index in [0.29, 0.717) is 5.56 Å². The Bertz CT molecular complexity index is 501. The second-order valence-electron chi connectivity index (χ2n) is 4.84. The first-order chi connectivity index (χ1) is 9.58. The Morgan fingerprint density at radius 3 is 2.95 bits per heavy atom. The molecule has 1 atom stereocenters. The molecule has 1 fully saturated rings. The van der Waals surface area contributed by atoms with Gasteiger partial charge in [-0.15, -0.1) is 0 Å². The molecule has 108 valence electrons. The van der Waals surface area contributed by atoms with Crippen molar-refractivity contribution in [2.45, 2.75) is 12.5 Å². The Balaban J connectivity index is 1.85. The Morgan fingerprint density at radius 1 is 1.50 bits per heavy atom. The largest absolute Gasteiger partial charge is 0.343 e. The zero-order valence-corrected chi connectivity index (χ0v) is 12.9. The van der Waals surface area contributed by atoms with Gasteiger partial charge in [-0.2, -0.15) is 0 Å². The Morgan fingerprint density at radius 2 is 2.30 bits per heavy atom. The highest BCUT2D eigenvalue weighted by molar-refractivity contribution is 9.10. The smallest absolute Gasteiger partial charge is 0.251 e. The fraction of sp³-hybridized carbons (Fsp3) is 0.429. The van der Waals surface area contributed by atoms with Crippen LogP contribution >= 0.6 is 15.9 Å². The quantitative estimate of drug-likeness (QED) is 0.860. The van der Waals surface area contributed by atoms with Crippen LogP contribution in [-0.4, -0.2) is 49.4 Å². The maximum absolute atomic E-state index is 12.0. The van der Waals surface area contributed by atoms with Crippen molar-refractivity contribution in [2.75, 3.05) is 26.7 Å². The lowest BCUT2D eigenvalue weighted by Gasteiger charge is -2.23. The Hall–Kier alpha value is -1.40. The number of nitrogens with one attached hydrogen (secondary N) is 2. The predicted octanol–water partition coefficient (Wildman–Crippen LogP) is 0.999. The van der Waals surface area contributed by atoms with Crippen molar-refractivity contribution in [3.63, 3.8) is 0 Å². The minimum Gasteiger partial charge on any atom is -0.343 e. The molecule has 2 amide bonds. The number of hydrogen-bond donors (Lipinski definition) is 2. The van der Waals surface area contributed by atoms with Crippen molar-refractivity contribution in [3.05, 3.63) is 34.3 Å². The summed E-state index contributed by atoms with van der Waals surface area (Å²) in [4.78, 5) is 25.6. The first-order valence-corrected chi connectivity index (χ1v) is 7.37. The number of rotatable bonds is 4. The number of hydrogen-bond acceptors (Lipinski definition) is 3. The van der Waals surface area contributed by atoms with Crippen molar-refractivity contribution in [1.29, 1.82) is 0 Å². The number of nitrogens with zero attached hydrogens (tertiary/aromatic N) is 1. The zero-order valence-electron chi connectivity index (χ0n) is 11.4. The maximum atomic E-state index is 12.0. The number of carbonyl (C=O) groups is 2. The molecule has 0 spiro atoms. The minimum absolute atomic E-state index is 0.0261. The molecular formula is C14H18BrN3O2. The van der Waals surface area contributed by atoms with Gasteiger partial charge in [0.2, 0.25) is 5.91 Å². The highest BCUT2D eigenvalue weighted by Crippen LogP contribution is 2.11. The molecule has 0 bridgehead atoms. The molecule has 6 heteroatoms. The number of benzene rings is 1. The fourth-order valence-electron chi connectivity index (χ4n) is 2.19. The summed E-state index contributed by atoms with van der Waals surface area (Å²) < 4.78 is 0.839. The van der Waals surface area contributed by atoms with E-state index in [-0.39, 0.29) is 24.4 Å². The summed E-state index contributed by atoms with van der Waals surface area (Å²) in [6, 6.07) is 7.31. The molecule has 1 unspecified atom stereocenters. The summed E-state index contributed by atoms with van der Waals surface area (Å²) in [5.41, 5.74) is 0.539. The average Bonchev–Trinajstić information content (AvgIpc) is 2.97. The number of amides is 2. The summed E-state index contributed by atoms with van der Waals surface area (Å²) in [6.45, 7) is 1.78. The van der Waals surface area contributed by atoms with E-state index in [0.717, 1.165) is 24.0 Å². The number of carbonyl (C=O) groups excluding carboxylic acids is 2. The standard InChI is InChI=1S/C14H18BrN3O2/c1-18(12-5-6-16-8-12)13(19)9-17-14(20)10-3-2-4-11(15)7-10/h2-4,7,12,16H,5-6,8-9H2,1H3,(H,17,20). The van der Waals surface area contributed by atoms with Gasteiger partial charge in [-0.05, 0) is 31.2 Å². The van der Waals surface area contributed by atoms with Crippen molar-refractivity contribution >= 4 is 27.7 Å². The summed E-state index contributed by atoms with van der Waals surface area (Å²) in [6.07, 6.45) is 0.960. The van der Waals surface area contributed by atoms with Crippen LogP contribution in [-0.2, 0) is 4.79 Å². The second-order valence-corrected chi connectivity index (χ2v) is 5.76. The van der Waals surface area contributed by atoms with Crippen LogP contribution in [0.15, 0.2) is 28.7 Å². The highest BCUT2D eigenvalue weighted by atomic mass is 79.9. The second kappa shape index (κ2) is 6.85. The molecule has 2 N–H and O–H groups in total. The SMILES string of the molecule is CN(C(=O)CNC(=O)c1cccc(Br)c1)C1CCNC1. The van der Waals surface area contributed by atoms with E-state index in [1.54, 1.807) is 30.1 Å². The van der Waals surface area contributed by atoms with Crippen LogP contribution in [0.5, 0.6) is 0 Å². The first kappa shape index (κ1) is 15.0. The molecule has 5 nitrogen and oxygen atoms in total. The molecule has 0 radical (unpaired) electrons. The molecule has 1 aromatic rings. The van der Waals surface area contributed by atoms with Gasteiger partial charge in [0.25, 0.3) is 5.91 Å². The molecule has 1 heterocycles. The summed E-state index contributed by atoms with van der Waals surface area (Å²) in [7, 11) is 1.78. The average molecular weight is 340 g/mol. The number of likely N-dealkylation sites (N-methyl/N-ethyl adjacent to an activating group) is 1. The van der Waals surface area contributed by atoms with Crippen molar-refractivity contribution in [1.82, 2.24) is 15.5 Å². The molecule has 1 aliphatic heterocycles. The van der Waals surface area contributed by atoms with Crippen LogP contribution in [0.3, 0.4) is 0 Å². The van der Waals surface area contributed by atoms with E-state index in [1.165, 1.54) is 0 Å². The third kappa shape index (κ3) is 3.80. The lowest BCUT2D eigenvalue weighted by atomic mass is 10.2. The molecule has 20 heavy (non-hydrogen) atoms. The van der Waals surface area contributed by atoms with E-state index in [4.69, 9.17) is 0 Å². The molecular weight excluding hydrogens is 322 g/mol. The van der Waals surface area contributed by atoms with Gasteiger partial charge in [0.05, 0.1) is 6.54 Å². The summed E-state index contributed by atoms with van der Waals surface area (Å²) in [5, 5.41) is 5.88. The van der Waals surface area contributed by atoms with E-state index < -0.39 is 0 Å². The van der Waals surface area contributed by atoms with Crippen LogP contribution in [0.4, 0.5) is 0 Å². The van der Waals surface area contributed by atoms with E-state index in [1.807, 2.05) is 6.07 Å². The lowest BCUT2D eigenvalue weighted by molar-refractivity contribution is -0.130. The van der Waals surface area contributed by atoms with Gasteiger partial charge in [0.15, 0.2) is 0 Å². The van der Waals surface area contributed by atoms with Crippen molar-refractivity contribution in [3.8, 4) is 0 Å². The molecule has 0 aromatic heterocycles. The number of halogens is 1. The van der Waals surface area contributed by atoms with Crippen molar-refractivity contribution < 1.29 is 9.59 Å². The molecule has 1 saturated heterocycles. The van der Waals surface area contributed by atoms with Gasteiger partial charge >= 0.3 is 0 Å². The van der Waals surface area contributed by atoms with Gasteiger partial charge in [0.1, 0.15) is 0 Å². The van der Waals surface area contributed by atoms with E-state index >= 15 is 0 Å². The van der Waals surface area contributed by atoms with Crippen molar-refractivity contribution in [2.24, 2.45) is 0 Å². The third-order valence-electron chi connectivity index (χ3n) is 3.46. The van der Waals surface area contributed by atoms with E-state index in [9.17, 15) is 9.59 Å². The first-order valence-electron chi connectivity index (χ1n) is 6.58. The molecule has 0 saturated carbocycles. The highest BCUT2D eigenvalue weighted by Gasteiger charge is 2.23. The predicted molar refractivity (Wildman–Crippen MR) is 80.5 cm³/mol. The van der Waals surface area contributed by atoms with Gasteiger partial charge in [0, 0.05) is 29.7 Å². The maximum Gasteiger partial charge on any atom is 0.251 e. The van der Waals surface area contributed by atoms with Gasteiger partial charge < -0.3 is 15.5 Å². The van der Waals surface area contributed by atoms with Gasteiger partial charge in [-0.25, -0.2) is 0 Å². The lowest BCUT2D eigenvalue weighted by Crippen LogP contribution is -2.44. The van der Waals surface area contributed by atoms with Crippen LogP contribution in [0.25, 0.3) is 0 Å². The molecule has 0 aliphatic carbocycles. The van der Waals surface area contributed by atoms with E-state index in [2.05, 4.69) is 26.6 Å². The molecule has 2 rings (SSSR count). The van der Waals surface area contributed by atoms with Gasteiger partial charge in [-0.3, -0.25) is 9.59 Å².